The highest BCUT2D eigenvalue weighted by Gasteiger charge is 2.45. The quantitative estimate of drug-likeness (QED) is 0.599. The molecule has 0 saturated heterocycles. The van der Waals surface area contributed by atoms with E-state index in [0.29, 0.717) is 52.5 Å². The van der Waals surface area contributed by atoms with Crippen molar-refractivity contribution < 1.29 is 28.5 Å². The lowest BCUT2D eigenvalue weighted by Gasteiger charge is -2.40. The largest absolute Gasteiger partial charge is 0.493 e. The van der Waals surface area contributed by atoms with Crippen LogP contribution in [0.3, 0.4) is 0 Å². The minimum absolute atomic E-state index is 0.0271. The molecule has 0 aromatic heterocycles. The van der Waals surface area contributed by atoms with Crippen LogP contribution < -0.4 is 19.5 Å². The average molecular weight is 470 g/mol. The second kappa shape index (κ2) is 9.35. The molecule has 34 heavy (non-hydrogen) atoms. The molecule has 1 heterocycles. The van der Waals surface area contributed by atoms with Crippen LogP contribution in [0.25, 0.3) is 0 Å². The fourth-order valence-corrected chi connectivity index (χ4v) is 5.59. The molecule has 1 aromatic carbocycles. The van der Waals surface area contributed by atoms with Gasteiger partial charge in [-0.1, -0.05) is 19.9 Å². The number of dihydropyridines is 1. The Hall–Kier alpha value is -2.96. The third-order valence-electron chi connectivity index (χ3n) is 7.08. The highest BCUT2D eigenvalue weighted by Crippen LogP contribution is 2.52. The Morgan fingerprint density at radius 3 is 2.29 bits per heavy atom. The van der Waals surface area contributed by atoms with Crippen LogP contribution >= 0.6 is 0 Å². The van der Waals surface area contributed by atoms with Gasteiger partial charge in [0.25, 0.3) is 0 Å². The SMILES string of the molecule is COc1ccc([C@@H]2C(C(=O)OC3CCCC3)=C(C)NC3=C2C(=O)CC(C)(C)C3)c(OC)c1OC. The molecule has 3 aliphatic rings. The molecule has 0 bridgehead atoms. The van der Waals surface area contributed by atoms with Gasteiger partial charge in [-0.2, -0.15) is 0 Å². The first-order chi connectivity index (χ1) is 16.2. The number of carbonyl (C=O) groups excluding carboxylic acids is 2. The van der Waals surface area contributed by atoms with Crippen molar-refractivity contribution in [3.8, 4) is 17.2 Å². The minimum atomic E-state index is -0.622. The molecule has 7 heteroatoms. The number of methoxy groups -OCH3 is 3. The topological polar surface area (TPSA) is 83.1 Å². The zero-order valence-corrected chi connectivity index (χ0v) is 21.0. The van der Waals surface area contributed by atoms with E-state index in [1.807, 2.05) is 13.0 Å². The molecular formula is C27H35NO6. The van der Waals surface area contributed by atoms with Crippen LogP contribution in [0.2, 0.25) is 0 Å². The molecule has 2 aliphatic carbocycles. The lowest BCUT2D eigenvalue weighted by Crippen LogP contribution is -2.39. The number of Topliss-reactive ketones (excluding diaryl/α,β-unsaturated/α-hetero) is 1. The Morgan fingerprint density at radius 1 is 1.00 bits per heavy atom. The first-order valence-electron chi connectivity index (χ1n) is 11.9. The van der Waals surface area contributed by atoms with Crippen molar-refractivity contribution in [2.45, 2.75) is 71.3 Å². The molecule has 4 rings (SSSR count). The molecule has 0 spiro atoms. The molecule has 7 nitrogen and oxygen atoms in total. The average Bonchev–Trinajstić information content (AvgIpc) is 3.28. The summed E-state index contributed by atoms with van der Waals surface area (Å²) in [6.45, 7) is 6.05. The van der Waals surface area contributed by atoms with E-state index >= 15 is 0 Å². The summed E-state index contributed by atoms with van der Waals surface area (Å²) in [6.07, 6.45) is 4.89. The van der Waals surface area contributed by atoms with Crippen LogP contribution in [0.1, 0.15) is 70.8 Å². The van der Waals surface area contributed by atoms with Gasteiger partial charge < -0.3 is 24.3 Å². The summed E-state index contributed by atoms with van der Waals surface area (Å²) in [5.41, 5.74) is 3.13. The highest BCUT2D eigenvalue weighted by atomic mass is 16.5. The molecule has 0 amide bonds. The van der Waals surface area contributed by atoms with E-state index in [1.165, 1.54) is 0 Å². The van der Waals surface area contributed by atoms with Gasteiger partial charge in [0, 0.05) is 29.0 Å². The van der Waals surface area contributed by atoms with Gasteiger partial charge in [0.15, 0.2) is 17.3 Å². The van der Waals surface area contributed by atoms with E-state index < -0.39 is 5.92 Å². The fraction of sp³-hybridized carbons (Fsp3) is 0.556. The maximum Gasteiger partial charge on any atom is 0.337 e. The van der Waals surface area contributed by atoms with Crippen LogP contribution in [-0.4, -0.2) is 39.2 Å². The molecule has 1 aromatic rings. The maximum absolute atomic E-state index is 13.6. The number of esters is 1. The van der Waals surface area contributed by atoms with Crippen LogP contribution in [-0.2, 0) is 14.3 Å². The number of benzene rings is 1. The number of nitrogens with one attached hydrogen (secondary N) is 1. The van der Waals surface area contributed by atoms with E-state index in [9.17, 15) is 9.59 Å². The van der Waals surface area contributed by atoms with Crippen LogP contribution in [0, 0.1) is 5.41 Å². The molecular weight excluding hydrogens is 434 g/mol. The third kappa shape index (κ3) is 4.28. The van der Waals surface area contributed by atoms with E-state index in [-0.39, 0.29) is 23.3 Å². The predicted molar refractivity (Wildman–Crippen MR) is 128 cm³/mol. The Balaban J connectivity index is 1.89. The number of ketones is 1. The zero-order valence-electron chi connectivity index (χ0n) is 21.0. The van der Waals surface area contributed by atoms with Gasteiger partial charge in [0.1, 0.15) is 6.10 Å². The summed E-state index contributed by atoms with van der Waals surface area (Å²) in [6, 6.07) is 3.63. The van der Waals surface area contributed by atoms with Crippen molar-refractivity contribution in [1.29, 1.82) is 0 Å². The molecule has 1 saturated carbocycles. The summed E-state index contributed by atoms with van der Waals surface area (Å²) in [7, 11) is 4.65. The first-order valence-corrected chi connectivity index (χ1v) is 11.9. The number of ether oxygens (including phenoxy) is 4. The zero-order chi connectivity index (χ0) is 24.6. The second-order valence-electron chi connectivity index (χ2n) is 10.2. The number of allylic oxidation sites excluding steroid dienone is 3. The van der Waals surface area contributed by atoms with E-state index in [4.69, 9.17) is 18.9 Å². The monoisotopic (exact) mass is 469 g/mol. The molecule has 1 fully saturated rings. The van der Waals surface area contributed by atoms with Crippen molar-refractivity contribution in [3.63, 3.8) is 0 Å². The highest BCUT2D eigenvalue weighted by molar-refractivity contribution is 6.04. The molecule has 1 atom stereocenters. The summed E-state index contributed by atoms with van der Waals surface area (Å²) in [5, 5.41) is 3.39. The van der Waals surface area contributed by atoms with E-state index in [2.05, 4.69) is 19.2 Å². The van der Waals surface area contributed by atoms with Crippen molar-refractivity contribution in [1.82, 2.24) is 5.32 Å². The van der Waals surface area contributed by atoms with Gasteiger partial charge in [-0.3, -0.25) is 4.79 Å². The Kier molecular flexibility index (Phi) is 6.65. The molecule has 0 radical (unpaired) electrons. The summed E-state index contributed by atoms with van der Waals surface area (Å²) in [5.74, 6) is 0.397. The van der Waals surface area contributed by atoms with Crippen LogP contribution in [0.5, 0.6) is 17.2 Å². The normalized spacial score (nSPS) is 22.3. The molecule has 184 valence electrons. The first kappa shape index (κ1) is 24.2. The Bertz CT molecular complexity index is 1060. The summed E-state index contributed by atoms with van der Waals surface area (Å²) in [4.78, 5) is 27.1. The van der Waals surface area contributed by atoms with Crippen molar-refractivity contribution >= 4 is 11.8 Å². The smallest absolute Gasteiger partial charge is 0.337 e. The van der Waals surface area contributed by atoms with Gasteiger partial charge in [-0.25, -0.2) is 4.79 Å². The minimum Gasteiger partial charge on any atom is -0.493 e. The van der Waals surface area contributed by atoms with Gasteiger partial charge in [0.2, 0.25) is 5.75 Å². The maximum atomic E-state index is 13.6. The summed E-state index contributed by atoms with van der Waals surface area (Å²) < 4.78 is 22.8. The third-order valence-corrected chi connectivity index (χ3v) is 7.08. The van der Waals surface area contributed by atoms with Gasteiger partial charge in [-0.05, 0) is 50.5 Å². The molecule has 1 N–H and O–H groups in total. The fourth-order valence-electron chi connectivity index (χ4n) is 5.59. The van der Waals surface area contributed by atoms with Crippen LogP contribution in [0.4, 0.5) is 0 Å². The van der Waals surface area contributed by atoms with E-state index in [0.717, 1.165) is 31.4 Å². The molecule has 0 unspecified atom stereocenters. The van der Waals surface area contributed by atoms with E-state index in [1.54, 1.807) is 27.4 Å². The second-order valence-corrected chi connectivity index (χ2v) is 10.2. The Labute approximate surface area is 201 Å². The van der Waals surface area contributed by atoms with Gasteiger partial charge >= 0.3 is 5.97 Å². The van der Waals surface area contributed by atoms with Crippen molar-refractivity contribution in [2.24, 2.45) is 5.41 Å². The number of hydrogen-bond donors (Lipinski definition) is 1. The van der Waals surface area contributed by atoms with Crippen LogP contribution in [0.15, 0.2) is 34.7 Å². The summed E-state index contributed by atoms with van der Waals surface area (Å²) >= 11 is 0. The lowest BCUT2D eigenvalue weighted by molar-refractivity contribution is -0.144. The molecule has 1 aliphatic heterocycles. The number of rotatable bonds is 6. The van der Waals surface area contributed by atoms with Crippen molar-refractivity contribution in [2.75, 3.05) is 21.3 Å². The lowest BCUT2D eigenvalue weighted by atomic mass is 9.68. The standard InChI is InChI=1S/C27H35NO6/c1-15-21(26(30)34-16-9-7-8-10-16)22(23-18(28-15)13-27(2,3)14-19(23)29)17-11-12-20(31-4)25(33-6)24(17)32-5/h11-12,16,22,28H,7-10,13-14H2,1-6H3/t22-/m1/s1. The number of carbonyl (C=O) groups is 2. The van der Waals surface area contributed by atoms with Gasteiger partial charge in [0.05, 0.1) is 32.8 Å². The number of hydrogen-bond acceptors (Lipinski definition) is 7. The van der Waals surface area contributed by atoms with Crippen molar-refractivity contribution in [3.05, 3.63) is 40.2 Å². The Morgan fingerprint density at radius 2 is 1.68 bits per heavy atom. The van der Waals surface area contributed by atoms with Gasteiger partial charge in [-0.15, -0.1) is 0 Å². The predicted octanol–water partition coefficient (Wildman–Crippen LogP) is 4.80.